The summed E-state index contributed by atoms with van der Waals surface area (Å²) in [6, 6.07) is 6.06. The number of benzene rings is 2. The molecule has 4 nitrogen and oxygen atoms in total. The number of rotatable bonds is 3. The summed E-state index contributed by atoms with van der Waals surface area (Å²) in [7, 11) is 2.88. The lowest BCUT2D eigenvalue weighted by molar-refractivity contribution is 0.0851. The Morgan fingerprint density at radius 2 is 1.86 bits per heavy atom. The van der Waals surface area contributed by atoms with E-state index in [1.807, 2.05) is 0 Å². The fourth-order valence-corrected chi connectivity index (χ4v) is 2.41. The number of hydrogen-bond donors (Lipinski definition) is 0. The fourth-order valence-electron chi connectivity index (χ4n) is 2.41. The third-order valence-corrected chi connectivity index (χ3v) is 3.47. The molecule has 1 aliphatic heterocycles. The van der Waals surface area contributed by atoms with E-state index < -0.39 is 23.5 Å². The summed E-state index contributed by atoms with van der Waals surface area (Å²) >= 11 is 0. The van der Waals surface area contributed by atoms with Gasteiger partial charge in [-0.1, -0.05) is 0 Å². The Balaban J connectivity index is 2.07. The Kier molecular flexibility index (Phi) is 3.44. The number of carbonyl (C=O) groups is 1. The maximum absolute atomic E-state index is 13.9. The molecule has 22 heavy (non-hydrogen) atoms. The van der Waals surface area contributed by atoms with Gasteiger partial charge in [0.1, 0.15) is 34.4 Å². The number of hydrogen-bond acceptors (Lipinski definition) is 4. The molecule has 0 N–H and O–H groups in total. The van der Waals surface area contributed by atoms with E-state index in [1.54, 1.807) is 6.07 Å². The van der Waals surface area contributed by atoms with Crippen LogP contribution < -0.4 is 14.2 Å². The highest BCUT2D eigenvalue weighted by molar-refractivity contribution is 6.07. The predicted octanol–water partition coefficient (Wildman–Crippen LogP) is 3.30. The van der Waals surface area contributed by atoms with Gasteiger partial charge in [0.2, 0.25) is 5.78 Å². The lowest BCUT2D eigenvalue weighted by Crippen LogP contribution is -2.13. The van der Waals surface area contributed by atoms with Crippen LogP contribution in [0.15, 0.2) is 30.3 Å². The second-order valence-corrected chi connectivity index (χ2v) is 4.73. The minimum absolute atomic E-state index is 0.0244. The van der Waals surface area contributed by atoms with Crippen molar-refractivity contribution in [3.63, 3.8) is 0 Å². The third-order valence-electron chi connectivity index (χ3n) is 3.47. The summed E-state index contributed by atoms with van der Waals surface area (Å²) in [5.41, 5.74) is 0.195. The van der Waals surface area contributed by atoms with Gasteiger partial charge in [0.25, 0.3) is 0 Å². The Bertz CT molecular complexity index is 758. The molecule has 0 bridgehead atoms. The van der Waals surface area contributed by atoms with Gasteiger partial charge in [0.05, 0.1) is 14.2 Å². The Labute approximate surface area is 125 Å². The lowest BCUT2D eigenvalue weighted by Gasteiger charge is -2.10. The van der Waals surface area contributed by atoms with Crippen molar-refractivity contribution in [2.45, 2.75) is 6.10 Å². The summed E-state index contributed by atoms with van der Waals surface area (Å²) in [4.78, 5) is 12.5. The maximum atomic E-state index is 13.9. The van der Waals surface area contributed by atoms with Crippen molar-refractivity contribution in [3.05, 3.63) is 53.1 Å². The first-order valence-electron chi connectivity index (χ1n) is 6.47. The second-order valence-electron chi connectivity index (χ2n) is 4.73. The molecule has 1 aliphatic rings. The van der Waals surface area contributed by atoms with E-state index in [1.165, 1.54) is 26.4 Å². The average Bonchev–Trinajstić information content (AvgIpc) is 2.83. The number of carbonyl (C=O) groups excluding carboxylic acids is 1. The van der Waals surface area contributed by atoms with Gasteiger partial charge in [0, 0.05) is 23.8 Å². The van der Waals surface area contributed by atoms with Crippen LogP contribution in [0.3, 0.4) is 0 Å². The molecule has 1 unspecified atom stereocenters. The van der Waals surface area contributed by atoms with Gasteiger partial charge >= 0.3 is 0 Å². The molecule has 0 saturated heterocycles. The molecule has 0 aromatic heterocycles. The van der Waals surface area contributed by atoms with E-state index in [4.69, 9.17) is 14.2 Å². The zero-order valence-electron chi connectivity index (χ0n) is 11.9. The van der Waals surface area contributed by atoms with Gasteiger partial charge in [-0.15, -0.1) is 0 Å². The smallest absolute Gasteiger partial charge is 0.215 e. The molecule has 3 rings (SSSR count). The van der Waals surface area contributed by atoms with Gasteiger partial charge in [-0.05, 0) is 12.1 Å². The van der Waals surface area contributed by atoms with E-state index in [9.17, 15) is 13.6 Å². The van der Waals surface area contributed by atoms with Crippen molar-refractivity contribution in [3.8, 4) is 17.2 Å². The Morgan fingerprint density at radius 3 is 2.50 bits per heavy atom. The number of ether oxygens (including phenoxy) is 3. The average molecular weight is 306 g/mol. The van der Waals surface area contributed by atoms with Crippen LogP contribution in [0.2, 0.25) is 0 Å². The first-order valence-corrected chi connectivity index (χ1v) is 6.47. The molecule has 0 aliphatic carbocycles. The molecule has 1 atom stereocenters. The van der Waals surface area contributed by atoms with E-state index >= 15 is 0 Å². The van der Waals surface area contributed by atoms with Crippen molar-refractivity contribution in [2.75, 3.05) is 14.2 Å². The maximum Gasteiger partial charge on any atom is 0.215 e. The Morgan fingerprint density at radius 1 is 1.09 bits per heavy atom. The van der Waals surface area contributed by atoms with Crippen LogP contribution in [0.4, 0.5) is 8.78 Å². The number of ketones is 1. The van der Waals surface area contributed by atoms with Gasteiger partial charge in [0.15, 0.2) is 6.10 Å². The molecule has 0 radical (unpaired) electrons. The number of methoxy groups -OCH3 is 2. The molecule has 1 heterocycles. The summed E-state index contributed by atoms with van der Waals surface area (Å²) in [6.45, 7) is 0. The zero-order chi connectivity index (χ0) is 15.9. The van der Waals surface area contributed by atoms with Crippen LogP contribution >= 0.6 is 0 Å². The van der Waals surface area contributed by atoms with Crippen molar-refractivity contribution in [2.24, 2.45) is 0 Å². The minimum Gasteiger partial charge on any atom is -0.496 e. The molecule has 2 aromatic carbocycles. The molecule has 6 heteroatoms. The summed E-state index contributed by atoms with van der Waals surface area (Å²) in [6.07, 6.45) is -1.17. The predicted molar refractivity (Wildman–Crippen MR) is 73.6 cm³/mol. The first kappa shape index (κ1) is 14.3. The first-order chi connectivity index (χ1) is 10.5. The van der Waals surface area contributed by atoms with Gasteiger partial charge in [-0.25, -0.2) is 8.78 Å². The van der Waals surface area contributed by atoms with Gasteiger partial charge < -0.3 is 14.2 Å². The molecule has 2 aromatic rings. The minimum atomic E-state index is -1.17. The molecule has 0 spiro atoms. The van der Waals surface area contributed by atoms with Crippen LogP contribution in [-0.4, -0.2) is 20.0 Å². The van der Waals surface area contributed by atoms with Crippen molar-refractivity contribution in [1.82, 2.24) is 0 Å². The van der Waals surface area contributed by atoms with Crippen molar-refractivity contribution in [1.29, 1.82) is 0 Å². The van der Waals surface area contributed by atoms with E-state index in [0.717, 1.165) is 6.07 Å². The molecule has 0 fully saturated rings. The van der Waals surface area contributed by atoms with Gasteiger partial charge in [-0.3, -0.25) is 4.79 Å². The molecule has 0 amide bonds. The van der Waals surface area contributed by atoms with E-state index in [0.29, 0.717) is 11.8 Å². The van der Waals surface area contributed by atoms with Crippen LogP contribution in [0.5, 0.6) is 17.2 Å². The lowest BCUT2D eigenvalue weighted by atomic mass is 10.0. The largest absolute Gasteiger partial charge is 0.496 e. The van der Waals surface area contributed by atoms with Gasteiger partial charge in [-0.2, -0.15) is 0 Å². The van der Waals surface area contributed by atoms with Crippen LogP contribution in [0.25, 0.3) is 0 Å². The second kappa shape index (κ2) is 5.29. The quantitative estimate of drug-likeness (QED) is 0.873. The molecule has 0 saturated carbocycles. The summed E-state index contributed by atoms with van der Waals surface area (Å²) in [5.74, 6) is -1.02. The molecular formula is C16H12F2O4. The van der Waals surface area contributed by atoms with E-state index in [-0.39, 0.29) is 22.6 Å². The zero-order valence-corrected chi connectivity index (χ0v) is 11.9. The SMILES string of the molecule is COc1cc(OC)c2c(c1)OC(c1ccc(F)cc1F)C2=O. The molecular weight excluding hydrogens is 294 g/mol. The van der Waals surface area contributed by atoms with Crippen LogP contribution in [0, 0.1) is 11.6 Å². The summed E-state index contributed by atoms with van der Waals surface area (Å²) in [5, 5.41) is 0. The van der Waals surface area contributed by atoms with Crippen LogP contribution in [-0.2, 0) is 0 Å². The highest BCUT2D eigenvalue weighted by Gasteiger charge is 2.38. The monoisotopic (exact) mass is 306 g/mol. The van der Waals surface area contributed by atoms with Crippen molar-refractivity contribution >= 4 is 5.78 Å². The summed E-state index contributed by atoms with van der Waals surface area (Å²) < 4.78 is 42.7. The number of fused-ring (bicyclic) bond motifs is 1. The molecule has 114 valence electrons. The highest BCUT2D eigenvalue weighted by Crippen LogP contribution is 2.44. The highest BCUT2D eigenvalue weighted by atomic mass is 19.1. The van der Waals surface area contributed by atoms with E-state index in [2.05, 4.69) is 0 Å². The Hall–Kier alpha value is -2.63. The third kappa shape index (κ3) is 2.16. The number of Topliss-reactive ketones (excluding diaryl/α,β-unsaturated/α-hetero) is 1. The number of halogens is 2. The van der Waals surface area contributed by atoms with Crippen molar-refractivity contribution < 1.29 is 27.8 Å². The van der Waals surface area contributed by atoms with Crippen LogP contribution in [0.1, 0.15) is 22.0 Å². The standard InChI is InChI=1S/C16H12F2O4/c1-20-9-6-12(21-2)14-13(7-9)22-16(15(14)19)10-4-3-8(17)5-11(10)18/h3-7,16H,1-2H3. The topological polar surface area (TPSA) is 44.8 Å². The normalized spacial score (nSPS) is 16.2. The fraction of sp³-hybridized carbons (Fsp3) is 0.188.